The normalized spacial score (nSPS) is 10.7. The van der Waals surface area contributed by atoms with Crippen LogP contribution in [-0.4, -0.2) is 23.7 Å². The zero-order valence-corrected chi connectivity index (χ0v) is 10.4. The molecule has 0 radical (unpaired) electrons. The molecule has 0 atom stereocenters. The second-order valence-electron chi connectivity index (χ2n) is 3.51. The Morgan fingerprint density at radius 1 is 1.18 bits per heavy atom. The van der Waals surface area contributed by atoms with Gasteiger partial charge in [0.15, 0.2) is 0 Å². The summed E-state index contributed by atoms with van der Waals surface area (Å²) in [6.07, 6.45) is 4.15. The number of hydrogen-bond donors (Lipinski definition) is 1. The summed E-state index contributed by atoms with van der Waals surface area (Å²) in [6, 6.07) is 10.2. The van der Waals surface area contributed by atoms with Gasteiger partial charge in [-0.25, -0.2) is 0 Å². The van der Waals surface area contributed by atoms with E-state index in [0.717, 1.165) is 0 Å². The first-order chi connectivity index (χ1) is 8.03. The van der Waals surface area contributed by atoms with Crippen molar-refractivity contribution < 1.29 is 13.0 Å². The number of benzene rings is 1. The van der Waals surface area contributed by atoms with Crippen LogP contribution in [0.15, 0.2) is 42.7 Å². The minimum atomic E-state index is -3.67. The van der Waals surface area contributed by atoms with Crippen LogP contribution in [-0.2, 0) is 10.1 Å². The van der Waals surface area contributed by atoms with E-state index in [9.17, 15) is 8.42 Å². The van der Waals surface area contributed by atoms with Crippen LogP contribution < -0.4 is 0 Å². The molecule has 1 aromatic heterocycles. The summed E-state index contributed by atoms with van der Waals surface area (Å²) in [4.78, 5) is 4.01. The van der Waals surface area contributed by atoms with Gasteiger partial charge in [0.2, 0.25) is 0 Å². The fourth-order valence-corrected chi connectivity index (χ4v) is 1.80. The highest BCUT2D eigenvalue weighted by Gasteiger charge is 1.98. The van der Waals surface area contributed by atoms with Gasteiger partial charge >= 0.3 is 0 Å². The topological polar surface area (TPSA) is 67.3 Å². The maximum atomic E-state index is 9.79. The second kappa shape index (κ2) is 6.32. The molecule has 17 heavy (non-hydrogen) atoms. The molecule has 0 amide bonds. The number of nitrogens with zero attached hydrogens (tertiary/aromatic N) is 1. The Hall–Kier alpha value is -1.46. The lowest BCUT2D eigenvalue weighted by Gasteiger charge is -1.91. The Morgan fingerprint density at radius 2 is 1.82 bits per heavy atom. The molecule has 0 aliphatic heterocycles. The van der Waals surface area contributed by atoms with Crippen LogP contribution in [0.5, 0.6) is 0 Å². The van der Waals surface area contributed by atoms with Crippen LogP contribution in [0.2, 0.25) is 0 Å². The Bertz CT molecular complexity index is 501. The summed E-state index contributed by atoms with van der Waals surface area (Å²) < 4.78 is 27.6. The molecule has 1 aromatic carbocycles. The van der Waals surface area contributed by atoms with E-state index in [1.165, 1.54) is 10.8 Å². The van der Waals surface area contributed by atoms with Gasteiger partial charge in [-0.3, -0.25) is 9.54 Å². The molecule has 0 aliphatic rings. The Labute approximate surface area is 101 Å². The molecule has 0 fully saturated rings. The monoisotopic (exact) mass is 253 g/mol. The molecule has 2 rings (SSSR count). The summed E-state index contributed by atoms with van der Waals surface area (Å²) in [5.41, 5.74) is 0. The van der Waals surface area contributed by atoms with Crippen LogP contribution >= 0.6 is 0 Å². The lowest BCUT2D eigenvalue weighted by atomic mass is 10.2. The molecular weight excluding hydrogens is 238 g/mol. The third-order valence-corrected chi connectivity index (χ3v) is 2.94. The van der Waals surface area contributed by atoms with E-state index in [-0.39, 0.29) is 5.75 Å². The first kappa shape index (κ1) is 13.6. The average molecular weight is 253 g/mol. The number of pyridine rings is 1. The molecule has 1 heterocycles. The lowest BCUT2D eigenvalue weighted by Crippen LogP contribution is -2.01. The molecule has 1 N–H and O–H groups in total. The Balaban J connectivity index is 0.000000185. The Morgan fingerprint density at radius 3 is 2.29 bits per heavy atom. The van der Waals surface area contributed by atoms with E-state index in [1.807, 2.05) is 30.6 Å². The summed E-state index contributed by atoms with van der Waals surface area (Å²) in [7, 11) is -3.67. The molecule has 0 saturated carbocycles. The molecule has 2 aromatic rings. The van der Waals surface area contributed by atoms with Gasteiger partial charge in [0.1, 0.15) is 0 Å². The standard InChI is InChI=1S/C9H7N.C3H8O3S/c1-2-4-9-7-10-6-5-8(9)3-1;1-2-3-7(4,5)6/h1-7H;2-3H2,1H3,(H,4,5,6). The predicted molar refractivity (Wildman–Crippen MR) is 68.4 cm³/mol. The van der Waals surface area contributed by atoms with Gasteiger partial charge in [0.05, 0.1) is 5.75 Å². The van der Waals surface area contributed by atoms with Crippen LogP contribution in [0.4, 0.5) is 0 Å². The zero-order chi connectivity index (χ0) is 12.7. The van der Waals surface area contributed by atoms with E-state index >= 15 is 0 Å². The van der Waals surface area contributed by atoms with Crippen molar-refractivity contribution in [2.75, 3.05) is 5.75 Å². The second-order valence-corrected chi connectivity index (χ2v) is 5.08. The Kier molecular flexibility index (Phi) is 5.06. The first-order valence-electron chi connectivity index (χ1n) is 5.27. The van der Waals surface area contributed by atoms with Gasteiger partial charge in [-0.2, -0.15) is 8.42 Å². The number of fused-ring (bicyclic) bond motifs is 1. The molecular formula is C12H15NO3S. The minimum Gasteiger partial charge on any atom is -0.286 e. The summed E-state index contributed by atoms with van der Waals surface area (Å²) in [6.45, 7) is 1.69. The fourth-order valence-electron chi connectivity index (χ4n) is 1.28. The van der Waals surface area contributed by atoms with Crippen LogP contribution in [0.1, 0.15) is 13.3 Å². The maximum Gasteiger partial charge on any atom is 0.264 e. The van der Waals surface area contributed by atoms with E-state index in [2.05, 4.69) is 17.1 Å². The van der Waals surface area contributed by atoms with Crippen molar-refractivity contribution in [3.05, 3.63) is 42.7 Å². The van der Waals surface area contributed by atoms with Crippen molar-refractivity contribution in [1.82, 2.24) is 4.98 Å². The van der Waals surface area contributed by atoms with Crippen molar-refractivity contribution in [1.29, 1.82) is 0 Å². The van der Waals surface area contributed by atoms with Gasteiger partial charge < -0.3 is 0 Å². The summed E-state index contributed by atoms with van der Waals surface area (Å²) in [5, 5.41) is 2.45. The molecule has 0 aliphatic carbocycles. The molecule has 0 spiro atoms. The van der Waals surface area contributed by atoms with E-state index in [0.29, 0.717) is 6.42 Å². The molecule has 92 valence electrons. The van der Waals surface area contributed by atoms with Gasteiger partial charge in [-0.15, -0.1) is 0 Å². The third-order valence-electron chi connectivity index (χ3n) is 2.01. The molecule has 0 bridgehead atoms. The van der Waals surface area contributed by atoms with Crippen molar-refractivity contribution in [2.45, 2.75) is 13.3 Å². The lowest BCUT2D eigenvalue weighted by molar-refractivity contribution is 0.482. The summed E-state index contributed by atoms with van der Waals surface area (Å²) in [5.74, 6) is -0.132. The molecule has 4 nitrogen and oxygen atoms in total. The first-order valence-corrected chi connectivity index (χ1v) is 6.88. The zero-order valence-electron chi connectivity index (χ0n) is 9.57. The number of aromatic nitrogens is 1. The molecule has 0 saturated heterocycles. The van der Waals surface area contributed by atoms with Crippen molar-refractivity contribution in [2.24, 2.45) is 0 Å². The van der Waals surface area contributed by atoms with Crippen molar-refractivity contribution >= 4 is 20.9 Å². The van der Waals surface area contributed by atoms with E-state index < -0.39 is 10.1 Å². The molecule has 0 unspecified atom stereocenters. The van der Waals surface area contributed by atoms with Crippen molar-refractivity contribution in [3.63, 3.8) is 0 Å². The van der Waals surface area contributed by atoms with Crippen molar-refractivity contribution in [3.8, 4) is 0 Å². The van der Waals surface area contributed by atoms with Gasteiger partial charge in [-0.05, 0) is 23.3 Å². The van der Waals surface area contributed by atoms with E-state index in [1.54, 1.807) is 6.92 Å². The maximum absolute atomic E-state index is 9.79. The van der Waals surface area contributed by atoms with Gasteiger partial charge in [0, 0.05) is 12.4 Å². The third kappa shape index (κ3) is 5.42. The molecule has 5 heteroatoms. The van der Waals surface area contributed by atoms with Crippen LogP contribution in [0.25, 0.3) is 10.8 Å². The van der Waals surface area contributed by atoms with Gasteiger partial charge in [-0.1, -0.05) is 31.2 Å². The van der Waals surface area contributed by atoms with Crippen LogP contribution in [0.3, 0.4) is 0 Å². The van der Waals surface area contributed by atoms with Gasteiger partial charge in [0.25, 0.3) is 10.1 Å². The fraction of sp³-hybridized carbons (Fsp3) is 0.250. The highest BCUT2D eigenvalue weighted by Crippen LogP contribution is 2.09. The number of rotatable bonds is 2. The average Bonchev–Trinajstić information content (AvgIpc) is 2.28. The summed E-state index contributed by atoms with van der Waals surface area (Å²) >= 11 is 0. The quantitative estimate of drug-likeness (QED) is 0.835. The highest BCUT2D eigenvalue weighted by molar-refractivity contribution is 7.85. The largest absolute Gasteiger partial charge is 0.286 e. The highest BCUT2D eigenvalue weighted by atomic mass is 32.2. The smallest absolute Gasteiger partial charge is 0.264 e. The predicted octanol–water partition coefficient (Wildman–Crippen LogP) is 2.52. The SMILES string of the molecule is CCCS(=O)(=O)O.c1ccc2cnccc2c1. The van der Waals surface area contributed by atoms with Crippen LogP contribution in [0, 0.1) is 0 Å². The van der Waals surface area contributed by atoms with E-state index in [4.69, 9.17) is 4.55 Å². The number of hydrogen-bond acceptors (Lipinski definition) is 3. The minimum absolute atomic E-state index is 0.132.